The highest BCUT2D eigenvalue weighted by Gasteiger charge is 2.28. The summed E-state index contributed by atoms with van der Waals surface area (Å²) >= 11 is 7.02. The molecule has 10 heteroatoms. The minimum atomic E-state index is -0.812. The lowest BCUT2D eigenvalue weighted by Crippen LogP contribution is -2.35. The van der Waals surface area contributed by atoms with Gasteiger partial charge < -0.3 is 10.1 Å². The van der Waals surface area contributed by atoms with Crippen LogP contribution in [0.5, 0.6) is 0 Å². The van der Waals surface area contributed by atoms with E-state index in [1.165, 1.54) is 29.2 Å². The molecule has 29 heavy (non-hydrogen) atoms. The second-order valence-electron chi connectivity index (χ2n) is 6.88. The lowest BCUT2D eigenvalue weighted by Gasteiger charge is -2.27. The first-order chi connectivity index (χ1) is 14.0. The van der Waals surface area contributed by atoms with Crippen LogP contribution in [-0.4, -0.2) is 33.7 Å². The number of hydrogen-bond donors (Lipinski definition) is 1. The molecule has 1 aliphatic rings. The van der Waals surface area contributed by atoms with Gasteiger partial charge in [0.05, 0.1) is 23.4 Å². The van der Waals surface area contributed by atoms with Gasteiger partial charge in [-0.3, -0.25) is 14.2 Å². The van der Waals surface area contributed by atoms with E-state index >= 15 is 0 Å². The minimum absolute atomic E-state index is 0.134. The van der Waals surface area contributed by atoms with E-state index in [4.69, 9.17) is 16.3 Å². The van der Waals surface area contributed by atoms with Crippen molar-refractivity contribution in [2.75, 3.05) is 18.5 Å². The van der Waals surface area contributed by atoms with Gasteiger partial charge in [-0.1, -0.05) is 22.9 Å². The Bertz CT molecular complexity index is 1100. The summed E-state index contributed by atoms with van der Waals surface area (Å²) in [7, 11) is 0. The predicted octanol–water partition coefficient (Wildman–Crippen LogP) is 3.64. The SMILES string of the molecule is O=C(Nc1ncc(Cl)s1)C(CC1CCOCC1)n1cnc2ccc(F)cc2c1=O. The Morgan fingerprint density at radius 3 is 2.90 bits per heavy atom. The van der Waals surface area contributed by atoms with E-state index in [2.05, 4.69) is 15.3 Å². The van der Waals surface area contributed by atoms with Crippen molar-refractivity contribution in [3.8, 4) is 0 Å². The summed E-state index contributed by atoms with van der Waals surface area (Å²) in [5.41, 5.74) is -0.0801. The Hall–Kier alpha value is -2.36. The summed E-state index contributed by atoms with van der Waals surface area (Å²) < 4.78 is 20.8. The van der Waals surface area contributed by atoms with Crippen LogP contribution in [0.3, 0.4) is 0 Å². The van der Waals surface area contributed by atoms with Crippen LogP contribution in [0.2, 0.25) is 4.34 Å². The molecule has 152 valence electrons. The minimum Gasteiger partial charge on any atom is -0.381 e. The second-order valence-corrected chi connectivity index (χ2v) is 8.55. The maximum atomic E-state index is 13.7. The van der Waals surface area contributed by atoms with Crippen molar-refractivity contribution in [2.45, 2.75) is 25.3 Å². The summed E-state index contributed by atoms with van der Waals surface area (Å²) in [6.45, 7) is 1.24. The quantitative estimate of drug-likeness (QED) is 0.659. The van der Waals surface area contributed by atoms with Gasteiger partial charge in [-0.05, 0) is 43.4 Å². The number of rotatable bonds is 5. The molecule has 1 amide bonds. The van der Waals surface area contributed by atoms with Crippen molar-refractivity contribution in [2.24, 2.45) is 5.92 Å². The molecule has 1 unspecified atom stereocenters. The van der Waals surface area contributed by atoms with Crippen LogP contribution in [-0.2, 0) is 9.53 Å². The Morgan fingerprint density at radius 1 is 1.38 bits per heavy atom. The standard InChI is InChI=1S/C19H18ClFN4O3S/c20-16-9-22-19(29-16)24-17(26)15(7-11-3-5-28-6-4-11)25-10-23-14-2-1-12(21)8-13(14)18(25)27/h1-2,8-11,15H,3-7H2,(H,22,24,26). The summed E-state index contributed by atoms with van der Waals surface area (Å²) in [5, 5.41) is 3.21. The molecule has 3 heterocycles. The van der Waals surface area contributed by atoms with Gasteiger partial charge in [-0.2, -0.15) is 0 Å². The van der Waals surface area contributed by atoms with Gasteiger partial charge in [-0.25, -0.2) is 14.4 Å². The zero-order chi connectivity index (χ0) is 20.4. The third kappa shape index (κ3) is 4.47. The molecule has 1 aliphatic heterocycles. The van der Waals surface area contributed by atoms with E-state index in [0.29, 0.717) is 34.6 Å². The van der Waals surface area contributed by atoms with Gasteiger partial charge in [0.25, 0.3) is 5.56 Å². The molecule has 1 N–H and O–H groups in total. The van der Waals surface area contributed by atoms with Gasteiger partial charge in [-0.15, -0.1) is 0 Å². The highest BCUT2D eigenvalue weighted by molar-refractivity contribution is 7.19. The number of anilines is 1. The molecular formula is C19H18ClFN4O3S. The van der Waals surface area contributed by atoms with E-state index in [9.17, 15) is 14.0 Å². The molecule has 1 saturated heterocycles. The summed E-state index contributed by atoms with van der Waals surface area (Å²) in [4.78, 5) is 34.4. The molecule has 0 aliphatic carbocycles. The first-order valence-corrected chi connectivity index (χ1v) is 10.4. The normalized spacial score (nSPS) is 16.1. The van der Waals surface area contributed by atoms with Gasteiger partial charge in [0.2, 0.25) is 5.91 Å². The number of ether oxygens (including phenoxy) is 1. The number of aromatic nitrogens is 3. The van der Waals surface area contributed by atoms with Crippen molar-refractivity contribution in [1.82, 2.24) is 14.5 Å². The van der Waals surface area contributed by atoms with Crippen molar-refractivity contribution >= 4 is 44.9 Å². The van der Waals surface area contributed by atoms with Crippen LogP contribution < -0.4 is 10.9 Å². The number of thiazole rings is 1. The number of hydrogen-bond acceptors (Lipinski definition) is 6. The van der Waals surface area contributed by atoms with Gasteiger partial charge in [0.15, 0.2) is 5.13 Å². The van der Waals surface area contributed by atoms with Crippen LogP contribution in [0.4, 0.5) is 9.52 Å². The maximum Gasteiger partial charge on any atom is 0.262 e. The number of halogens is 2. The Balaban J connectivity index is 1.70. The molecule has 0 spiro atoms. The summed E-state index contributed by atoms with van der Waals surface area (Å²) in [5.74, 6) is -0.700. The average Bonchev–Trinajstić information content (AvgIpc) is 3.12. The van der Waals surface area contributed by atoms with Crippen molar-refractivity contribution in [3.63, 3.8) is 0 Å². The van der Waals surface area contributed by atoms with Gasteiger partial charge in [0.1, 0.15) is 16.2 Å². The molecule has 3 aromatic rings. The smallest absolute Gasteiger partial charge is 0.262 e. The molecule has 1 fully saturated rings. The first kappa shape index (κ1) is 19.9. The Labute approximate surface area is 174 Å². The van der Waals surface area contributed by atoms with Crippen molar-refractivity contribution in [3.05, 3.63) is 51.2 Å². The van der Waals surface area contributed by atoms with Crippen LogP contribution in [0, 0.1) is 11.7 Å². The Morgan fingerprint density at radius 2 is 2.17 bits per heavy atom. The van der Waals surface area contributed by atoms with Crippen LogP contribution >= 0.6 is 22.9 Å². The molecule has 1 atom stereocenters. The van der Waals surface area contributed by atoms with E-state index in [1.807, 2.05) is 0 Å². The van der Waals surface area contributed by atoms with Crippen molar-refractivity contribution in [1.29, 1.82) is 0 Å². The van der Waals surface area contributed by atoms with E-state index in [-0.39, 0.29) is 17.2 Å². The highest BCUT2D eigenvalue weighted by atomic mass is 35.5. The molecule has 0 saturated carbocycles. The molecule has 0 radical (unpaired) electrons. The van der Waals surface area contributed by atoms with Gasteiger partial charge >= 0.3 is 0 Å². The van der Waals surface area contributed by atoms with Crippen LogP contribution in [0.25, 0.3) is 10.9 Å². The second kappa shape index (κ2) is 8.56. The number of carbonyl (C=O) groups excluding carboxylic acids is 1. The van der Waals surface area contributed by atoms with E-state index in [1.54, 1.807) is 0 Å². The lowest BCUT2D eigenvalue weighted by molar-refractivity contribution is -0.120. The fourth-order valence-corrected chi connectivity index (χ4v) is 4.29. The predicted molar refractivity (Wildman–Crippen MR) is 109 cm³/mol. The fourth-order valence-electron chi connectivity index (χ4n) is 3.48. The summed E-state index contributed by atoms with van der Waals surface area (Å²) in [6, 6.07) is 3.03. The fraction of sp³-hybridized carbons (Fsp3) is 0.368. The molecule has 7 nitrogen and oxygen atoms in total. The highest BCUT2D eigenvalue weighted by Crippen LogP contribution is 2.28. The monoisotopic (exact) mass is 436 g/mol. The maximum absolute atomic E-state index is 13.7. The number of nitrogens with one attached hydrogen (secondary N) is 1. The topological polar surface area (TPSA) is 86.1 Å². The third-order valence-corrected chi connectivity index (χ3v) is 6.02. The molecular weight excluding hydrogens is 419 g/mol. The molecule has 1 aromatic carbocycles. The molecule has 0 bridgehead atoms. The zero-order valence-electron chi connectivity index (χ0n) is 15.3. The van der Waals surface area contributed by atoms with E-state index in [0.717, 1.165) is 30.2 Å². The van der Waals surface area contributed by atoms with E-state index < -0.39 is 17.4 Å². The largest absolute Gasteiger partial charge is 0.381 e. The number of carbonyl (C=O) groups is 1. The lowest BCUT2D eigenvalue weighted by atomic mass is 9.92. The van der Waals surface area contributed by atoms with Crippen LogP contribution in [0.1, 0.15) is 25.3 Å². The average molecular weight is 437 g/mol. The van der Waals surface area contributed by atoms with Crippen molar-refractivity contribution < 1.29 is 13.9 Å². The van der Waals surface area contributed by atoms with Crippen LogP contribution in [0.15, 0.2) is 35.5 Å². The van der Waals surface area contributed by atoms with Gasteiger partial charge in [0, 0.05) is 13.2 Å². The third-order valence-electron chi connectivity index (χ3n) is 4.99. The zero-order valence-corrected chi connectivity index (χ0v) is 16.9. The number of fused-ring (bicyclic) bond motifs is 1. The summed E-state index contributed by atoms with van der Waals surface area (Å²) in [6.07, 6.45) is 4.84. The Kier molecular flexibility index (Phi) is 5.89. The number of nitrogens with zero attached hydrogens (tertiary/aromatic N) is 3. The molecule has 4 rings (SSSR count). The first-order valence-electron chi connectivity index (χ1n) is 9.17. The molecule has 2 aromatic heterocycles. The number of amides is 1. The number of benzene rings is 1.